The largest absolute Gasteiger partial charge is 0.357 e. The van der Waals surface area contributed by atoms with Gasteiger partial charge in [0.25, 0.3) is 5.91 Å². The Hall–Kier alpha value is -0.650. The van der Waals surface area contributed by atoms with Crippen molar-refractivity contribution in [1.29, 1.82) is 0 Å². The summed E-state index contributed by atoms with van der Waals surface area (Å²) in [6.45, 7) is 1.36. The smallest absolute Gasteiger partial charge is 0.251 e. The third-order valence-corrected chi connectivity index (χ3v) is 2.12. The van der Waals surface area contributed by atoms with Gasteiger partial charge in [-0.3, -0.25) is 4.79 Å². The van der Waals surface area contributed by atoms with Crippen molar-refractivity contribution in [3.63, 3.8) is 0 Å². The normalized spacial score (nSPS) is 39.6. The molecule has 2 heterocycles. The lowest BCUT2D eigenvalue weighted by atomic mass is 10.2. The number of fused-ring (bicyclic) bond motifs is 2. The zero-order chi connectivity index (χ0) is 8.55. The van der Waals surface area contributed by atoms with Crippen molar-refractivity contribution < 1.29 is 14.3 Å². The summed E-state index contributed by atoms with van der Waals surface area (Å²) >= 11 is 0. The van der Waals surface area contributed by atoms with Gasteiger partial charge in [0, 0.05) is 20.1 Å². The predicted molar refractivity (Wildman–Crippen MR) is 40.5 cm³/mol. The van der Waals surface area contributed by atoms with Gasteiger partial charge in [0.15, 0.2) is 12.4 Å². The lowest BCUT2D eigenvalue weighted by Gasteiger charge is -2.19. The zero-order valence-corrected chi connectivity index (χ0v) is 6.87. The van der Waals surface area contributed by atoms with E-state index in [2.05, 4.69) is 10.6 Å². The van der Waals surface area contributed by atoms with Gasteiger partial charge in [0.1, 0.15) is 6.10 Å². The van der Waals surface area contributed by atoms with E-state index in [9.17, 15) is 4.79 Å². The second kappa shape index (κ2) is 3.01. The minimum Gasteiger partial charge on any atom is -0.357 e. The average Bonchev–Trinajstić information content (AvgIpc) is 2.40. The molecule has 0 spiro atoms. The van der Waals surface area contributed by atoms with Crippen molar-refractivity contribution in [2.24, 2.45) is 0 Å². The Morgan fingerprint density at radius 2 is 2.33 bits per heavy atom. The molecule has 0 aromatic heterocycles. The molecule has 0 unspecified atom stereocenters. The Labute approximate surface area is 70.4 Å². The number of rotatable bonds is 1. The Morgan fingerprint density at radius 3 is 3.00 bits per heavy atom. The Balaban J connectivity index is 2.04. The molecule has 2 rings (SSSR count). The molecule has 2 saturated heterocycles. The third kappa shape index (κ3) is 1.20. The molecule has 5 nitrogen and oxygen atoms in total. The van der Waals surface area contributed by atoms with Crippen LogP contribution in [0.25, 0.3) is 0 Å². The summed E-state index contributed by atoms with van der Waals surface area (Å²) in [4.78, 5) is 11.2. The quantitative estimate of drug-likeness (QED) is 0.502. The van der Waals surface area contributed by atoms with Crippen LogP contribution in [0.15, 0.2) is 0 Å². The second-order valence-electron chi connectivity index (χ2n) is 2.93. The number of carbonyl (C=O) groups is 1. The maximum absolute atomic E-state index is 11.2. The van der Waals surface area contributed by atoms with Gasteiger partial charge in [-0.2, -0.15) is 0 Å². The van der Waals surface area contributed by atoms with Crippen molar-refractivity contribution in [2.45, 2.75) is 18.5 Å². The maximum atomic E-state index is 11.2. The summed E-state index contributed by atoms with van der Waals surface area (Å²) in [7, 11) is 1.60. The van der Waals surface area contributed by atoms with E-state index >= 15 is 0 Å². The summed E-state index contributed by atoms with van der Waals surface area (Å²) < 4.78 is 10.7. The summed E-state index contributed by atoms with van der Waals surface area (Å²) in [5, 5.41) is 5.67. The summed E-state index contributed by atoms with van der Waals surface area (Å²) in [5.41, 5.74) is 0. The molecule has 2 N–H and O–H groups in total. The van der Waals surface area contributed by atoms with Crippen molar-refractivity contribution in [1.82, 2.24) is 10.6 Å². The molecule has 2 bridgehead atoms. The molecular weight excluding hydrogens is 160 g/mol. The molecule has 1 amide bonds. The molecule has 2 aliphatic heterocycles. The van der Waals surface area contributed by atoms with E-state index in [0.717, 1.165) is 0 Å². The van der Waals surface area contributed by atoms with Crippen LogP contribution >= 0.6 is 0 Å². The number of hydrogen-bond donors (Lipinski definition) is 2. The second-order valence-corrected chi connectivity index (χ2v) is 2.93. The summed E-state index contributed by atoms with van der Waals surface area (Å²) in [6, 6.07) is 0. The molecular formula is C7H12N2O3. The van der Waals surface area contributed by atoms with Gasteiger partial charge in [-0.15, -0.1) is 0 Å². The van der Waals surface area contributed by atoms with Crippen molar-refractivity contribution >= 4 is 5.91 Å². The van der Waals surface area contributed by atoms with Crippen LogP contribution < -0.4 is 10.6 Å². The van der Waals surface area contributed by atoms with Crippen LogP contribution in [0.5, 0.6) is 0 Å². The number of carbonyl (C=O) groups excluding carboxylic acids is 1. The van der Waals surface area contributed by atoms with E-state index in [1.807, 2.05) is 0 Å². The number of amides is 1. The van der Waals surface area contributed by atoms with Crippen LogP contribution in [0.4, 0.5) is 0 Å². The zero-order valence-electron chi connectivity index (χ0n) is 6.87. The van der Waals surface area contributed by atoms with E-state index in [4.69, 9.17) is 9.47 Å². The lowest BCUT2D eigenvalue weighted by molar-refractivity contribution is -0.132. The van der Waals surface area contributed by atoms with Crippen molar-refractivity contribution in [3.8, 4) is 0 Å². The molecule has 0 radical (unpaired) electrons. The molecule has 68 valence electrons. The van der Waals surface area contributed by atoms with Crippen LogP contribution in [0, 0.1) is 0 Å². The van der Waals surface area contributed by atoms with Gasteiger partial charge in [0.05, 0.1) is 0 Å². The number of hydrogen-bond acceptors (Lipinski definition) is 4. The molecule has 5 heteroatoms. The molecule has 2 fully saturated rings. The maximum Gasteiger partial charge on any atom is 0.251 e. The number of ether oxygens (including phenoxy) is 2. The summed E-state index contributed by atoms with van der Waals surface area (Å²) in [6.07, 6.45) is -0.801. The first kappa shape index (κ1) is 7.97. The van der Waals surface area contributed by atoms with Crippen LogP contribution in [0.1, 0.15) is 0 Å². The fourth-order valence-electron chi connectivity index (χ4n) is 1.52. The van der Waals surface area contributed by atoms with E-state index in [1.165, 1.54) is 0 Å². The van der Waals surface area contributed by atoms with Gasteiger partial charge in [-0.05, 0) is 0 Å². The predicted octanol–water partition coefficient (Wildman–Crippen LogP) is -1.55. The van der Waals surface area contributed by atoms with Crippen LogP contribution in [0.2, 0.25) is 0 Å². The third-order valence-electron chi connectivity index (χ3n) is 2.12. The Kier molecular flexibility index (Phi) is 2.00. The molecule has 12 heavy (non-hydrogen) atoms. The highest BCUT2D eigenvalue weighted by atomic mass is 16.7. The molecule has 0 aliphatic carbocycles. The Bertz CT molecular complexity index is 197. The lowest BCUT2D eigenvalue weighted by Crippen LogP contribution is -2.44. The van der Waals surface area contributed by atoms with Gasteiger partial charge in [0.2, 0.25) is 0 Å². The first-order valence-electron chi connectivity index (χ1n) is 4.04. The highest BCUT2D eigenvalue weighted by molar-refractivity contribution is 5.81. The molecule has 0 saturated carbocycles. The van der Waals surface area contributed by atoms with E-state index in [1.54, 1.807) is 7.05 Å². The fourth-order valence-corrected chi connectivity index (χ4v) is 1.52. The van der Waals surface area contributed by atoms with Crippen molar-refractivity contribution in [3.05, 3.63) is 0 Å². The number of likely N-dealkylation sites (N-methyl/N-ethyl adjacent to an activating group) is 1. The summed E-state index contributed by atoms with van der Waals surface area (Å²) in [5.74, 6) is -0.105. The number of nitrogens with one attached hydrogen (secondary N) is 2. The monoisotopic (exact) mass is 172 g/mol. The van der Waals surface area contributed by atoms with Crippen molar-refractivity contribution in [2.75, 3.05) is 20.1 Å². The molecule has 2 aliphatic rings. The first-order valence-corrected chi connectivity index (χ1v) is 4.04. The Morgan fingerprint density at radius 1 is 1.50 bits per heavy atom. The van der Waals surface area contributed by atoms with Crippen LogP contribution in [0.3, 0.4) is 0 Å². The van der Waals surface area contributed by atoms with E-state index in [0.29, 0.717) is 13.1 Å². The standard InChI is InChI=1S/C7H12N2O3/c1-8-7(10)6-4-2-9-3-5(11-4)12-6/h4-6,9H,2-3H2,1H3,(H,8,10)/t4-,5-,6-/m0/s1. The molecule has 0 aromatic carbocycles. The van der Waals surface area contributed by atoms with Gasteiger partial charge in [-0.25, -0.2) is 0 Å². The van der Waals surface area contributed by atoms with Gasteiger partial charge < -0.3 is 20.1 Å². The average molecular weight is 172 g/mol. The van der Waals surface area contributed by atoms with Gasteiger partial charge in [-0.1, -0.05) is 0 Å². The van der Waals surface area contributed by atoms with E-state index in [-0.39, 0.29) is 18.3 Å². The highest BCUT2D eigenvalue weighted by Crippen LogP contribution is 2.21. The minimum atomic E-state index is -0.435. The van der Waals surface area contributed by atoms with E-state index < -0.39 is 6.10 Å². The topological polar surface area (TPSA) is 59.6 Å². The molecule has 3 atom stereocenters. The van der Waals surface area contributed by atoms with Gasteiger partial charge >= 0.3 is 0 Å². The van der Waals surface area contributed by atoms with Crippen LogP contribution in [-0.4, -0.2) is 44.5 Å². The number of morpholine rings is 1. The minimum absolute atomic E-state index is 0.105. The molecule has 0 aromatic rings. The first-order chi connectivity index (χ1) is 5.81. The SMILES string of the molecule is CNC(=O)[C@H]1O[C@H]2CNC[C@@H]1O2. The fraction of sp³-hybridized carbons (Fsp3) is 0.857. The van der Waals surface area contributed by atoms with Crippen LogP contribution in [-0.2, 0) is 14.3 Å². The highest BCUT2D eigenvalue weighted by Gasteiger charge is 2.42.